The molecule has 0 saturated heterocycles. The van der Waals surface area contributed by atoms with Gasteiger partial charge in [0.05, 0.1) is 5.25 Å². The molecule has 0 aliphatic carbocycles. The summed E-state index contributed by atoms with van der Waals surface area (Å²) in [6, 6.07) is 4.97. The van der Waals surface area contributed by atoms with Crippen LogP contribution in [0.25, 0.3) is 0 Å². The maximum atomic E-state index is 12.3. The van der Waals surface area contributed by atoms with E-state index < -0.39 is 11.6 Å². The first-order chi connectivity index (χ1) is 11.3. The van der Waals surface area contributed by atoms with Crippen LogP contribution < -0.4 is 10.1 Å². The van der Waals surface area contributed by atoms with E-state index in [1.807, 2.05) is 6.92 Å². The number of hydrogen-bond donors (Lipinski definition) is 1. The minimum absolute atomic E-state index is 0.269. The lowest BCUT2D eigenvalue weighted by Gasteiger charge is -2.14. The highest BCUT2D eigenvalue weighted by molar-refractivity contribution is 8.00. The molecule has 24 heavy (non-hydrogen) atoms. The number of anilines is 1. The second kappa shape index (κ2) is 7.56. The van der Waals surface area contributed by atoms with Crippen LogP contribution in [0.15, 0.2) is 35.7 Å². The van der Waals surface area contributed by atoms with E-state index in [2.05, 4.69) is 20.3 Å². The lowest BCUT2D eigenvalue weighted by atomic mass is 10.2. The van der Waals surface area contributed by atoms with Gasteiger partial charge >= 0.3 is 6.36 Å². The second-order valence-electron chi connectivity index (χ2n) is 4.80. The standard InChI is InChI=1S/C14H15F3N4O2S/c1-3-11(24-13-20-18-8-21(13)2)12(22)19-9-4-6-10(7-5-9)23-14(15,16)17/h4-8,11H,3H2,1-2H3,(H,19,22). The van der Waals surface area contributed by atoms with E-state index in [1.54, 1.807) is 11.6 Å². The van der Waals surface area contributed by atoms with E-state index in [4.69, 9.17) is 0 Å². The van der Waals surface area contributed by atoms with Gasteiger partial charge in [-0.25, -0.2) is 0 Å². The summed E-state index contributed by atoms with van der Waals surface area (Å²) in [5.41, 5.74) is 0.381. The highest BCUT2D eigenvalue weighted by Gasteiger charge is 2.31. The van der Waals surface area contributed by atoms with Crippen molar-refractivity contribution < 1.29 is 22.7 Å². The number of carbonyl (C=O) groups excluding carboxylic acids is 1. The van der Waals surface area contributed by atoms with E-state index >= 15 is 0 Å². The number of carbonyl (C=O) groups is 1. The summed E-state index contributed by atoms with van der Waals surface area (Å²) in [6.45, 7) is 1.86. The fourth-order valence-electron chi connectivity index (χ4n) is 1.79. The number of hydrogen-bond acceptors (Lipinski definition) is 5. The number of ether oxygens (including phenoxy) is 1. The number of rotatable bonds is 6. The number of thioether (sulfide) groups is 1. The number of aromatic nitrogens is 3. The number of amides is 1. The van der Waals surface area contributed by atoms with Crippen molar-refractivity contribution in [2.24, 2.45) is 7.05 Å². The van der Waals surface area contributed by atoms with Gasteiger partial charge in [0.15, 0.2) is 5.16 Å². The molecule has 6 nitrogen and oxygen atoms in total. The minimum atomic E-state index is -4.75. The molecule has 2 aromatic rings. The van der Waals surface area contributed by atoms with Gasteiger partial charge in [0.25, 0.3) is 0 Å². The van der Waals surface area contributed by atoms with Crippen molar-refractivity contribution in [3.63, 3.8) is 0 Å². The molecule has 1 heterocycles. The highest BCUT2D eigenvalue weighted by atomic mass is 32.2. The Morgan fingerprint density at radius 2 is 2.04 bits per heavy atom. The topological polar surface area (TPSA) is 69.0 Å². The van der Waals surface area contributed by atoms with Gasteiger partial charge in [0, 0.05) is 12.7 Å². The lowest BCUT2D eigenvalue weighted by Crippen LogP contribution is -2.25. The normalized spacial score (nSPS) is 12.7. The predicted molar refractivity (Wildman–Crippen MR) is 82.7 cm³/mol. The number of aryl methyl sites for hydroxylation is 1. The molecule has 0 fully saturated rings. The number of nitrogens with one attached hydrogen (secondary N) is 1. The first kappa shape index (κ1) is 18.1. The van der Waals surface area contributed by atoms with Crippen LogP contribution in [0.3, 0.4) is 0 Å². The predicted octanol–water partition coefficient (Wildman–Crippen LogP) is 3.22. The fraction of sp³-hybridized carbons (Fsp3) is 0.357. The molecular weight excluding hydrogens is 345 g/mol. The van der Waals surface area contributed by atoms with Crippen LogP contribution in [-0.2, 0) is 11.8 Å². The zero-order chi connectivity index (χ0) is 17.7. The SMILES string of the molecule is CCC(Sc1nncn1C)C(=O)Nc1ccc(OC(F)(F)F)cc1. The molecule has 10 heteroatoms. The van der Waals surface area contributed by atoms with Crippen LogP contribution >= 0.6 is 11.8 Å². The number of alkyl halides is 3. The molecule has 130 valence electrons. The van der Waals surface area contributed by atoms with Gasteiger partial charge in [0.2, 0.25) is 5.91 Å². The minimum Gasteiger partial charge on any atom is -0.406 e. The Hall–Kier alpha value is -2.23. The third-order valence-electron chi connectivity index (χ3n) is 2.94. The molecule has 0 aliphatic rings. The van der Waals surface area contributed by atoms with Crippen LogP contribution in [0.1, 0.15) is 13.3 Å². The van der Waals surface area contributed by atoms with Crippen molar-refractivity contribution in [2.75, 3.05) is 5.32 Å². The summed E-state index contributed by atoms with van der Waals surface area (Å²) in [4.78, 5) is 12.3. The van der Waals surface area contributed by atoms with Gasteiger partial charge in [-0.15, -0.1) is 23.4 Å². The Kier molecular flexibility index (Phi) is 5.71. The largest absolute Gasteiger partial charge is 0.573 e. The van der Waals surface area contributed by atoms with Crippen LogP contribution in [0.5, 0.6) is 5.75 Å². The monoisotopic (exact) mass is 360 g/mol. The van der Waals surface area contributed by atoms with Crippen molar-refractivity contribution in [1.29, 1.82) is 0 Å². The molecule has 2 rings (SSSR count). The van der Waals surface area contributed by atoms with Gasteiger partial charge in [0.1, 0.15) is 12.1 Å². The Morgan fingerprint density at radius 3 is 2.54 bits per heavy atom. The van der Waals surface area contributed by atoms with Crippen molar-refractivity contribution in [3.8, 4) is 5.75 Å². The average Bonchev–Trinajstić information content (AvgIpc) is 2.90. The molecule has 0 saturated carbocycles. The van der Waals surface area contributed by atoms with Gasteiger partial charge in [-0.2, -0.15) is 0 Å². The summed E-state index contributed by atoms with van der Waals surface area (Å²) in [5.74, 6) is -0.615. The van der Waals surface area contributed by atoms with E-state index in [1.165, 1.54) is 30.2 Å². The van der Waals surface area contributed by atoms with E-state index in [0.29, 0.717) is 17.3 Å². The molecule has 1 unspecified atom stereocenters. The maximum Gasteiger partial charge on any atom is 0.573 e. The van der Waals surface area contributed by atoms with Gasteiger partial charge in [-0.3, -0.25) is 4.79 Å². The number of benzene rings is 1. The average molecular weight is 360 g/mol. The molecule has 0 radical (unpaired) electrons. The molecular formula is C14H15F3N4O2S. The van der Waals surface area contributed by atoms with Crippen LogP contribution in [0.2, 0.25) is 0 Å². The first-order valence-corrected chi connectivity index (χ1v) is 7.84. The molecule has 1 atom stereocenters. The quantitative estimate of drug-likeness (QED) is 0.801. The fourth-order valence-corrected chi connectivity index (χ4v) is 2.69. The molecule has 1 aromatic carbocycles. The Labute approximate surface area is 140 Å². The van der Waals surface area contributed by atoms with Crippen molar-refractivity contribution >= 4 is 23.4 Å². The van der Waals surface area contributed by atoms with Gasteiger partial charge in [-0.05, 0) is 30.7 Å². The Balaban J connectivity index is 1.98. The van der Waals surface area contributed by atoms with Gasteiger partial charge < -0.3 is 14.6 Å². The molecule has 1 amide bonds. The molecule has 1 N–H and O–H groups in total. The summed E-state index contributed by atoms with van der Waals surface area (Å²) in [6.07, 6.45) is -2.66. The Bertz CT molecular complexity index is 688. The lowest BCUT2D eigenvalue weighted by molar-refractivity contribution is -0.274. The van der Waals surface area contributed by atoms with Gasteiger partial charge in [-0.1, -0.05) is 18.7 Å². The Morgan fingerprint density at radius 1 is 1.38 bits per heavy atom. The van der Waals surface area contributed by atoms with Crippen molar-refractivity contribution in [3.05, 3.63) is 30.6 Å². The summed E-state index contributed by atoms with van der Waals surface area (Å²) in [5, 5.41) is 10.5. The number of halogens is 3. The second-order valence-corrected chi connectivity index (χ2v) is 5.97. The van der Waals surface area contributed by atoms with Crippen LogP contribution in [-0.4, -0.2) is 32.3 Å². The maximum absolute atomic E-state index is 12.3. The van der Waals surface area contributed by atoms with E-state index in [9.17, 15) is 18.0 Å². The zero-order valence-corrected chi connectivity index (χ0v) is 13.7. The van der Waals surface area contributed by atoms with Crippen molar-refractivity contribution in [1.82, 2.24) is 14.8 Å². The molecule has 0 aliphatic heterocycles. The van der Waals surface area contributed by atoms with Crippen LogP contribution in [0, 0.1) is 0 Å². The van der Waals surface area contributed by atoms with Crippen LogP contribution in [0.4, 0.5) is 18.9 Å². The van der Waals surface area contributed by atoms with E-state index in [-0.39, 0.29) is 11.7 Å². The highest BCUT2D eigenvalue weighted by Crippen LogP contribution is 2.26. The van der Waals surface area contributed by atoms with E-state index in [0.717, 1.165) is 12.1 Å². The molecule has 1 aromatic heterocycles. The van der Waals surface area contributed by atoms with Crippen molar-refractivity contribution in [2.45, 2.75) is 30.1 Å². The summed E-state index contributed by atoms with van der Waals surface area (Å²) < 4.78 is 41.8. The summed E-state index contributed by atoms with van der Waals surface area (Å²) in [7, 11) is 1.77. The molecule has 0 spiro atoms. The third kappa shape index (κ3) is 5.15. The first-order valence-electron chi connectivity index (χ1n) is 6.96. The number of nitrogens with zero attached hydrogens (tertiary/aromatic N) is 3. The smallest absolute Gasteiger partial charge is 0.406 e. The molecule has 0 bridgehead atoms. The zero-order valence-electron chi connectivity index (χ0n) is 12.9. The summed E-state index contributed by atoms with van der Waals surface area (Å²) >= 11 is 1.26. The third-order valence-corrected chi connectivity index (χ3v) is 4.35.